The molecule has 1 amide bonds. The molecule has 2 nitrogen and oxygen atoms in total. The second-order valence-corrected chi connectivity index (χ2v) is 6.66. The molecule has 1 heterocycles. The summed E-state index contributed by atoms with van der Waals surface area (Å²) < 4.78 is 0. The highest BCUT2D eigenvalue weighted by atomic mass is 79.9. The van der Waals surface area contributed by atoms with Crippen LogP contribution in [0.4, 0.5) is 0 Å². The van der Waals surface area contributed by atoms with Crippen molar-refractivity contribution < 1.29 is 4.79 Å². The Kier molecular flexibility index (Phi) is 6.94. The van der Waals surface area contributed by atoms with Crippen molar-refractivity contribution in [2.24, 2.45) is 0 Å². The Morgan fingerprint density at radius 1 is 1.56 bits per heavy atom. The van der Waals surface area contributed by atoms with Crippen LogP contribution in [0.5, 0.6) is 0 Å². The highest BCUT2D eigenvalue weighted by molar-refractivity contribution is 9.09. The lowest BCUT2D eigenvalue weighted by Crippen LogP contribution is -2.45. The first-order valence-electron chi connectivity index (χ1n) is 6.49. The minimum Gasteiger partial charge on any atom is -0.351 e. The van der Waals surface area contributed by atoms with E-state index in [0.29, 0.717) is 6.42 Å². The van der Waals surface area contributed by atoms with Crippen LogP contribution >= 0.6 is 27.3 Å². The Morgan fingerprint density at radius 2 is 2.33 bits per heavy atom. The second-order valence-electron chi connectivity index (χ2n) is 4.83. The van der Waals surface area contributed by atoms with E-state index in [-0.39, 0.29) is 11.4 Å². The third kappa shape index (κ3) is 5.53. The van der Waals surface area contributed by atoms with Crippen LogP contribution in [0, 0.1) is 0 Å². The minimum absolute atomic E-state index is 0.0660. The van der Waals surface area contributed by atoms with Gasteiger partial charge in [0.05, 0.1) is 0 Å². The molecule has 0 aliphatic heterocycles. The summed E-state index contributed by atoms with van der Waals surface area (Å²) >= 11 is 5.21. The standard InChI is InChI=1S/C14H22BrNOS/c1-3-14(2,9-10-15)16-13(17)8-4-6-12-7-5-11-18-12/h5,7,11H,3-4,6,8-10H2,1-2H3,(H,16,17). The van der Waals surface area contributed by atoms with Gasteiger partial charge in [-0.05, 0) is 44.1 Å². The molecule has 0 fully saturated rings. The molecule has 1 aromatic rings. The van der Waals surface area contributed by atoms with Crippen molar-refractivity contribution in [3.8, 4) is 0 Å². The van der Waals surface area contributed by atoms with Crippen LogP contribution in [0.3, 0.4) is 0 Å². The Bertz CT molecular complexity index is 353. The predicted octanol–water partition coefficient (Wildman–Crippen LogP) is 4.14. The fraction of sp³-hybridized carbons (Fsp3) is 0.643. The molecule has 102 valence electrons. The number of alkyl halides is 1. The van der Waals surface area contributed by atoms with Crippen molar-refractivity contribution in [1.82, 2.24) is 5.32 Å². The Labute approximate surface area is 122 Å². The number of hydrogen-bond acceptors (Lipinski definition) is 2. The Balaban J connectivity index is 2.28. The maximum atomic E-state index is 11.9. The van der Waals surface area contributed by atoms with Crippen LogP contribution in [0.1, 0.15) is 44.4 Å². The Hall–Kier alpha value is -0.350. The zero-order valence-electron chi connectivity index (χ0n) is 11.2. The number of nitrogens with one attached hydrogen (secondary N) is 1. The molecule has 0 bridgehead atoms. The molecular weight excluding hydrogens is 310 g/mol. The zero-order valence-corrected chi connectivity index (χ0v) is 13.6. The van der Waals surface area contributed by atoms with Gasteiger partial charge in [0.1, 0.15) is 0 Å². The summed E-state index contributed by atoms with van der Waals surface area (Å²) in [6.07, 6.45) is 4.50. The third-order valence-electron chi connectivity index (χ3n) is 3.27. The number of amides is 1. The lowest BCUT2D eigenvalue weighted by atomic mass is 9.95. The predicted molar refractivity (Wildman–Crippen MR) is 82.5 cm³/mol. The second kappa shape index (κ2) is 7.95. The molecule has 0 spiro atoms. The zero-order chi connectivity index (χ0) is 13.4. The van der Waals surface area contributed by atoms with Gasteiger partial charge in [0, 0.05) is 22.2 Å². The quantitative estimate of drug-likeness (QED) is 0.712. The van der Waals surface area contributed by atoms with Crippen molar-refractivity contribution in [2.45, 2.75) is 51.5 Å². The van der Waals surface area contributed by atoms with Crippen molar-refractivity contribution in [3.05, 3.63) is 22.4 Å². The normalized spacial score (nSPS) is 14.2. The first kappa shape index (κ1) is 15.7. The lowest BCUT2D eigenvalue weighted by Gasteiger charge is -2.29. The molecular formula is C14H22BrNOS. The summed E-state index contributed by atoms with van der Waals surface area (Å²) in [6, 6.07) is 4.19. The highest BCUT2D eigenvalue weighted by Gasteiger charge is 2.22. The summed E-state index contributed by atoms with van der Waals surface area (Å²) in [5.74, 6) is 0.178. The molecule has 0 saturated carbocycles. The first-order valence-corrected chi connectivity index (χ1v) is 8.49. The van der Waals surface area contributed by atoms with Gasteiger partial charge in [-0.3, -0.25) is 4.79 Å². The van der Waals surface area contributed by atoms with Gasteiger partial charge in [-0.15, -0.1) is 11.3 Å². The van der Waals surface area contributed by atoms with Crippen LogP contribution in [0.25, 0.3) is 0 Å². The molecule has 0 aromatic carbocycles. The molecule has 0 aliphatic rings. The molecule has 4 heteroatoms. The fourth-order valence-corrected chi connectivity index (χ4v) is 3.44. The Morgan fingerprint density at radius 3 is 2.89 bits per heavy atom. The third-order valence-corrected chi connectivity index (χ3v) is 4.61. The maximum absolute atomic E-state index is 11.9. The number of aryl methyl sites for hydroxylation is 1. The topological polar surface area (TPSA) is 29.1 Å². The smallest absolute Gasteiger partial charge is 0.220 e. The fourth-order valence-electron chi connectivity index (χ4n) is 1.81. The van der Waals surface area contributed by atoms with Crippen LogP contribution in [0.15, 0.2) is 17.5 Å². The molecule has 1 atom stereocenters. The molecule has 18 heavy (non-hydrogen) atoms. The molecule has 1 aromatic heterocycles. The molecule has 1 rings (SSSR count). The van der Waals surface area contributed by atoms with Crippen LogP contribution in [-0.2, 0) is 11.2 Å². The van der Waals surface area contributed by atoms with E-state index in [1.165, 1.54) is 4.88 Å². The number of hydrogen-bond donors (Lipinski definition) is 1. The van der Waals surface area contributed by atoms with E-state index in [1.54, 1.807) is 11.3 Å². The minimum atomic E-state index is -0.0660. The maximum Gasteiger partial charge on any atom is 0.220 e. The van der Waals surface area contributed by atoms with Gasteiger partial charge < -0.3 is 5.32 Å². The monoisotopic (exact) mass is 331 g/mol. The van der Waals surface area contributed by atoms with Crippen molar-refractivity contribution in [1.29, 1.82) is 0 Å². The number of carbonyl (C=O) groups is 1. The summed E-state index contributed by atoms with van der Waals surface area (Å²) in [5.41, 5.74) is -0.0660. The van der Waals surface area contributed by atoms with Crippen LogP contribution < -0.4 is 5.32 Å². The van der Waals surface area contributed by atoms with Gasteiger partial charge in [-0.1, -0.05) is 28.9 Å². The van der Waals surface area contributed by atoms with Gasteiger partial charge in [-0.25, -0.2) is 0 Å². The van der Waals surface area contributed by atoms with E-state index in [4.69, 9.17) is 0 Å². The SMILES string of the molecule is CCC(C)(CCBr)NC(=O)CCCc1cccs1. The lowest BCUT2D eigenvalue weighted by molar-refractivity contribution is -0.123. The summed E-state index contributed by atoms with van der Waals surface area (Å²) in [4.78, 5) is 13.3. The molecule has 1 unspecified atom stereocenters. The number of halogens is 1. The molecule has 0 radical (unpaired) electrons. The van der Waals surface area contributed by atoms with Crippen molar-refractivity contribution in [3.63, 3.8) is 0 Å². The van der Waals surface area contributed by atoms with Gasteiger partial charge >= 0.3 is 0 Å². The summed E-state index contributed by atoms with van der Waals surface area (Å²) in [6.45, 7) is 4.24. The number of thiophene rings is 1. The average Bonchev–Trinajstić information content (AvgIpc) is 2.82. The van der Waals surface area contributed by atoms with E-state index >= 15 is 0 Å². The largest absolute Gasteiger partial charge is 0.351 e. The molecule has 0 aliphatic carbocycles. The van der Waals surface area contributed by atoms with Crippen molar-refractivity contribution in [2.75, 3.05) is 5.33 Å². The van der Waals surface area contributed by atoms with E-state index in [1.807, 2.05) is 0 Å². The van der Waals surface area contributed by atoms with Gasteiger partial charge in [0.15, 0.2) is 0 Å². The van der Waals surface area contributed by atoms with Gasteiger partial charge in [-0.2, -0.15) is 0 Å². The highest BCUT2D eigenvalue weighted by Crippen LogP contribution is 2.17. The van der Waals surface area contributed by atoms with Crippen LogP contribution in [-0.4, -0.2) is 16.8 Å². The van der Waals surface area contributed by atoms with Crippen molar-refractivity contribution >= 4 is 33.2 Å². The van der Waals surface area contributed by atoms with Gasteiger partial charge in [0.25, 0.3) is 0 Å². The average molecular weight is 332 g/mol. The molecule has 1 N–H and O–H groups in total. The molecule has 0 saturated heterocycles. The van der Waals surface area contributed by atoms with Crippen LogP contribution in [0.2, 0.25) is 0 Å². The van der Waals surface area contributed by atoms with E-state index in [2.05, 4.69) is 52.6 Å². The summed E-state index contributed by atoms with van der Waals surface area (Å²) in [5, 5.41) is 6.16. The van der Waals surface area contributed by atoms with Gasteiger partial charge in [0.2, 0.25) is 5.91 Å². The summed E-state index contributed by atoms with van der Waals surface area (Å²) in [7, 11) is 0. The first-order chi connectivity index (χ1) is 8.59. The van der Waals surface area contributed by atoms with E-state index in [0.717, 1.165) is 31.0 Å². The number of rotatable bonds is 8. The number of carbonyl (C=O) groups excluding carboxylic acids is 1. The van der Waals surface area contributed by atoms with E-state index in [9.17, 15) is 4.79 Å². The van der Waals surface area contributed by atoms with E-state index < -0.39 is 0 Å².